The van der Waals surface area contributed by atoms with E-state index in [1.54, 1.807) is 24.8 Å². The minimum Gasteiger partial charge on any atom is -0.289 e. The second kappa shape index (κ2) is 5.75. The normalized spacial score (nSPS) is 11.3. The fourth-order valence-corrected chi connectivity index (χ4v) is 2.96. The van der Waals surface area contributed by atoms with E-state index in [2.05, 4.69) is 40.8 Å². The Kier molecular flexibility index (Phi) is 3.79. The van der Waals surface area contributed by atoms with Crippen LogP contribution in [0.25, 0.3) is 0 Å². The maximum atomic E-state index is 4.40. The van der Waals surface area contributed by atoms with Crippen molar-refractivity contribution in [2.75, 3.05) is 0 Å². The molecule has 4 rings (SSSR count). The van der Waals surface area contributed by atoms with E-state index in [0.717, 1.165) is 22.4 Å². The van der Waals surface area contributed by atoms with Crippen molar-refractivity contribution in [1.82, 2.24) is 40.8 Å². The molecule has 4 heterocycles. The van der Waals surface area contributed by atoms with Crippen molar-refractivity contribution in [1.29, 1.82) is 0 Å². The summed E-state index contributed by atoms with van der Waals surface area (Å²) in [6.07, 6.45) is 5.53. The van der Waals surface area contributed by atoms with Gasteiger partial charge in [-0.25, -0.2) is 20.4 Å². The average molecular weight is 386 g/mol. The molecule has 0 saturated heterocycles. The van der Waals surface area contributed by atoms with E-state index in [4.69, 9.17) is 0 Å². The zero-order chi connectivity index (χ0) is 14.1. The van der Waals surface area contributed by atoms with Gasteiger partial charge in [0.1, 0.15) is 0 Å². The standard InChI is InChI=1S/C12H12BN8.Pd/c1-5-14-18-9(1)13(10-2-6-15-19-10,11-3-7-16-20-11)12-4-8-17-21-12;/h1-8H,(H,14,18)(H,15,19)(H,16,20)(H,17,21);/q-1;. The fraction of sp³-hybridized carbons (Fsp3) is 0. The third-order valence-corrected chi connectivity index (χ3v) is 3.86. The Balaban J connectivity index is 0.00000144. The van der Waals surface area contributed by atoms with Crippen LogP contribution in [0, 0.1) is 0 Å². The van der Waals surface area contributed by atoms with Crippen molar-refractivity contribution >= 4 is 28.5 Å². The number of hydrogen-bond donors (Lipinski definition) is 4. The van der Waals surface area contributed by atoms with Crippen LogP contribution in [-0.4, -0.2) is 46.9 Å². The second-order valence-corrected chi connectivity index (χ2v) is 4.86. The third-order valence-electron chi connectivity index (χ3n) is 3.86. The molecule has 10 heteroatoms. The summed E-state index contributed by atoms with van der Waals surface area (Å²) in [5.41, 5.74) is 3.34. The quantitative estimate of drug-likeness (QED) is 0.303. The second-order valence-electron chi connectivity index (χ2n) is 4.86. The Bertz CT molecular complexity index is 649. The number of aromatic amines is 4. The molecule has 0 unspecified atom stereocenters. The van der Waals surface area contributed by atoms with Crippen LogP contribution in [0.4, 0.5) is 0 Å². The molecule has 8 nitrogen and oxygen atoms in total. The SMILES string of the molecule is [Pd].c1cc([B-](c2cc[nH]n2)(c2cc[nH]n2)c2cc[nH]n2)n[nH]1. The van der Waals surface area contributed by atoms with Crippen LogP contribution in [0.5, 0.6) is 0 Å². The summed E-state index contributed by atoms with van der Waals surface area (Å²) in [4.78, 5) is 0. The van der Waals surface area contributed by atoms with Crippen LogP contribution in [0.15, 0.2) is 49.1 Å². The molecule has 4 aromatic rings. The van der Waals surface area contributed by atoms with Gasteiger partial charge in [0.15, 0.2) is 6.15 Å². The fourth-order valence-electron chi connectivity index (χ4n) is 2.96. The van der Waals surface area contributed by atoms with Gasteiger partial charge >= 0.3 is 0 Å². The maximum Gasteiger partial charge on any atom is 0.196 e. The monoisotopic (exact) mass is 385 g/mol. The van der Waals surface area contributed by atoms with E-state index in [1.165, 1.54) is 0 Å². The zero-order valence-corrected chi connectivity index (χ0v) is 12.9. The Morgan fingerprint density at radius 3 is 1.00 bits per heavy atom. The van der Waals surface area contributed by atoms with Gasteiger partial charge in [-0.05, 0) is 0 Å². The Morgan fingerprint density at radius 2 is 0.818 bits per heavy atom. The van der Waals surface area contributed by atoms with Crippen LogP contribution in [0.3, 0.4) is 0 Å². The minimum atomic E-state index is -1.62. The first kappa shape index (κ1) is 14.5. The predicted molar refractivity (Wildman–Crippen MR) is 78.6 cm³/mol. The van der Waals surface area contributed by atoms with E-state index >= 15 is 0 Å². The van der Waals surface area contributed by atoms with Gasteiger partial charge in [0.25, 0.3) is 0 Å². The summed E-state index contributed by atoms with van der Waals surface area (Å²) in [5.74, 6) is 0. The van der Waals surface area contributed by atoms with Crippen LogP contribution in [-0.2, 0) is 20.4 Å². The third kappa shape index (κ3) is 1.96. The molecule has 0 aliphatic rings. The number of aromatic nitrogens is 8. The van der Waals surface area contributed by atoms with Gasteiger partial charge in [-0.15, -0.1) is 0 Å². The van der Waals surface area contributed by atoms with Crippen molar-refractivity contribution < 1.29 is 20.4 Å². The summed E-state index contributed by atoms with van der Waals surface area (Å²) in [7, 11) is 0. The van der Waals surface area contributed by atoms with Gasteiger partial charge in [0, 0.05) is 45.2 Å². The summed E-state index contributed by atoms with van der Waals surface area (Å²) in [5, 5.41) is 29.1. The molecule has 0 spiro atoms. The van der Waals surface area contributed by atoms with E-state index in [0.29, 0.717) is 0 Å². The maximum absolute atomic E-state index is 4.40. The van der Waals surface area contributed by atoms with Gasteiger partial charge in [0.05, 0.1) is 0 Å². The molecule has 0 aromatic carbocycles. The molecular formula is C12H12BN8Pd-. The van der Waals surface area contributed by atoms with Gasteiger partial charge in [0.2, 0.25) is 0 Å². The van der Waals surface area contributed by atoms with Crippen LogP contribution < -0.4 is 22.4 Å². The largest absolute Gasteiger partial charge is 0.289 e. The molecule has 0 amide bonds. The zero-order valence-electron chi connectivity index (χ0n) is 11.3. The molecule has 0 aliphatic carbocycles. The average Bonchev–Trinajstić information content (AvgIpc) is 3.32. The van der Waals surface area contributed by atoms with Gasteiger partial charge in [-0.2, -0.15) is 0 Å². The molecule has 114 valence electrons. The molecular weight excluding hydrogens is 373 g/mol. The molecule has 0 radical (unpaired) electrons. The predicted octanol–water partition coefficient (Wildman–Crippen LogP) is -2.05. The molecule has 0 aliphatic heterocycles. The van der Waals surface area contributed by atoms with Crippen LogP contribution in [0.2, 0.25) is 0 Å². The Hall–Kier alpha value is -2.43. The van der Waals surface area contributed by atoms with Crippen molar-refractivity contribution in [2.45, 2.75) is 0 Å². The van der Waals surface area contributed by atoms with Gasteiger partial charge in [-0.3, -0.25) is 20.4 Å². The molecule has 4 aromatic heterocycles. The summed E-state index contributed by atoms with van der Waals surface area (Å²) in [6, 6.07) is 7.71. The molecule has 4 N–H and O–H groups in total. The molecule has 0 fully saturated rings. The van der Waals surface area contributed by atoms with E-state index in [1.807, 2.05) is 24.3 Å². The molecule has 0 saturated carbocycles. The number of hydrogen-bond acceptors (Lipinski definition) is 4. The smallest absolute Gasteiger partial charge is 0.196 e. The van der Waals surface area contributed by atoms with Gasteiger partial charge < -0.3 is 0 Å². The van der Waals surface area contributed by atoms with Gasteiger partial charge in [-0.1, -0.05) is 46.6 Å². The van der Waals surface area contributed by atoms with Crippen molar-refractivity contribution in [3.8, 4) is 0 Å². The minimum absolute atomic E-state index is 0. The molecule has 22 heavy (non-hydrogen) atoms. The summed E-state index contributed by atoms with van der Waals surface area (Å²) >= 11 is 0. The number of nitrogens with one attached hydrogen (secondary N) is 4. The van der Waals surface area contributed by atoms with E-state index in [-0.39, 0.29) is 20.4 Å². The Morgan fingerprint density at radius 1 is 0.545 bits per heavy atom. The summed E-state index contributed by atoms with van der Waals surface area (Å²) < 4.78 is 0. The number of H-pyrrole nitrogens is 4. The number of rotatable bonds is 4. The number of nitrogens with zero attached hydrogens (tertiary/aromatic N) is 4. The van der Waals surface area contributed by atoms with Crippen LogP contribution >= 0.6 is 0 Å². The first-order valence-corrected chi connectivity index (χ1v) is 6.59. The molecule has 0 bridgehead atoms. The topological polar surface area (TPSA) is 115 Å². The van der Waals surface area contributed by atoms with E-state index in [9.17, 15) is 0 Å². The van der Waals surface area contributed by atoms with Crippen molar-refractivity contribution in [3.05, 3.63) is 49.1 Å². The van der Waals surface area contributed by atoms with E-state index < -0.39 is 6.15 Å². The van der Waals surface area contributed by atoms with Crippen LogP contribution in [0.1, 0.15) is 0 Å². The summed E-state index contributed by atoms with van der Waals surface area (Å²) in [6.45, 7) is 0. The van der Waals surface area contributed by atoms with Crippen molar-refractivity contribution in [2.24, 2.45) is 0 Å². The van der Waals surface area contributed by atoms with Crippen molar-refractivity contribution in [3.63, 3.8) is 0 Å². The first-order chi connectivity index (χ1) is 10.4. The first-order valence-electron chi connectivity index (χ1n) is 6.59. The Labute approximate surface area is 139 Å². The molecule has 0 atom stereocenters.